The van der Waals surface area contributed by atoms with E-state index in [-0.39, 0.29) is 48.6 Å². The number of carbonyl (C=O) groups excluding carboxylic acids is 2. The summed E-state index contributed by atoms with van der Waals surface area (Å²) in [6, 6.07) is 5.43. The predicted octanol–water partition coefficient (Wildman–Crippen LogP) is 4.54. The molecule has 1 aromatic rings. The second-order valence-corrected chi connectivity index (χ2v) is 9.76. The van der Waals surface area contributed by atoms with Crippen LogP contribution in [0.3, 0.4) is 0 Å². The van der Waals surface area contributed by atoms with Crippen LogP contribution in [-0.4, -0.2) is 72.5 Å². The Balaban J connectivity index is 0.00000241. The van der Waals surface area contributed by atoms with Gasteiger partial charge in [0.05, 0.1) is 24.2 Å². The Morgan fingerprint density at radius 3 is 2.27 bits per heavy atom. The quantitative estimate of drug-likeness (QED) is 0.376. The van der Waals surface area contributed by atoms with Crippen molar-refractivity contribution in [3.63, 3.8) is 0 Å². The summed E-state index contributed by atoms with van der Waals surface area (Å²) in [6.45, 7) is 7.95. The molecule has 206 valence electrons. The van der Waals surface area contributed by atoms with Gasteiger partial charge in [-0.15, -0.1) is 24.8 Å². The summed E-state index contributed by atoms with van der Waals surface area (Å²) >= 11 is 0. The summed E-state index contributed by atoms with van der Waals surface area (Å²) in [5.74, 6) is -0.928. The van der Waals surface area contributed by atoms with Gasteiger partial charge in [0.25, 0.3) is 0 Å². The molecule has 0 aromatic heterocycles. The molecule has 1 amide bonds. The zero-order valence-electron chi connectivity index (χ0n) is 21.2. The molecule has 1 saturated heterocycles. The molecule has 0 saturated carbocycles. The van der Waals surface area contributed by atoms with Crippen LogP contribution in [0.1, 0.15) is 31.4 Å². The molecule has 1 aliphatic carbocycles. The summed E-state index contributed by atoms with van der Waals surface area (Å²) in [5.41, 5.74) is 1.61. The first-order chi connectivity index (χ1) is 16.6. The number of hydrogen-bond donors (Lipinski definition) is 0. The first-order valence-corrected chi connectivity index (χ1v) is 12.0. The van der Waals surface area contributed by atoms with E-state index < -0.39 is 17.7 Å². The maximum absolute atomic E-state index is 13.3. The average molecular weight is 564 g/mol. The van der Waals surface area contributed by atoms with Crippen LogP contribution in [0, 0.1) is 11.8 Å². The number of fused-ring (bicyclic) bond motifs is 1. The lowest BCUT2D eigenvalue weighted by atomic mass is 9.81. The van der Waals surface area contributed by atoms with Crippen LogP contribution in [-0.2, 0) is 27.0 Å². The number of piperazine rings is 1. The summed E-state index contributed by atoms with van der Waals surface area (Å²) in [5, 5.41) is 0. The van der Waals surface area contributed by atoms with Crippen LogP contribution in [0.2, 0.25) is 0 Å². The molecule has 2 atom stereocenters. The van der Waals surface area contributed by atoms with E-state index in [1.807, 2.05) is 13.8 Å². The fraction of sp³-hybridized carbons (Fsp3) is 0.538. The Labute approximate surface area is 228 Å². The van der Waals surface area contributed by atoms with Gasteiger partial charge in [-0.3, -0.25) is 14.6 Å². The fourth-order valence-corrected chi connectivity index (χ4v) is 5.26. The molecular weight excluding hydrogens is 530 g/mol. The van der Waals surface area contributed by atoms with E-state index >= 15 is 0 Å². The number of rotatable bonds is 6. The molecule has 11 heteroatoms. The Hall–Kier alpha value is -2.07. The highest BCUT2D eigenvalue weighted by Crippen LogP contribution is 2.42. The lowest BCUT2D eigenvalue weighted by Crippen LogP contribution is -2.49. The molecule has 0 radical (unpaired) electrons. The van der Waals surface area contributed by atoms with Crippen molar-refractivity contribution in [1.82, 2.24) is 14.7 Å². The minimum atomic E-state index is -4.34. The van der Waals surface area contributed by atoms with E-state index in [0.29, 0.717) is 30.6 Å². The monoisotopic (exact) mass is 563 g/mol. The van der Waals surface area contributed by atoms with Gasteiger partial charge in [0.15, 0.2) is 0 Å². The maximum atomic E-state index is 13.3. The number of nitrogens with zero attached hydrogens (tertiary/aromatic N) is 3. The number of halogens is 5. The van der Waals surface area contributed by atoms with Crippen LogP contribution < -0.4 is 0 Å². The molecule has 3 aliphatic rings. The smallest absolute Gasteiger partial charge is 0.416 e. The van der Waals surface area contributed by atoms with Crippen molar-refractivity contribution in [2.24, 2.45) is 11.8 Å². The molecule has 1 fully saturated rings. The SMILES string of the molecule is COC(=O)C1=CN(C(C)C)C(=O)[C@@H]2C(CN3CCN(Cc4cccc(C(F)(F)F)c4)CC3)=CC[C@H]12.Cl.Cl. The van der Waals surface area contributed by atoms with Crippen molar-refractivity contribution in [3.8, 4) is 0 Å². The first-order valence-electron chi connectivity index (χ1n) is 12.0. The summed E-state index contributed by atoms with van der Waals surface area (Å²) in [7, 11) is 1.36. The zero-order chi connectivity index (χ0) is 25.3. The molecule has 0 bridgehead atoms. The largest absolute Gasteiger partial charge is 0.466 e. The van der Waals surface area contributed by atoms with E-state index in [2.05, 4.69) is 15.9 Å². The van der Waals surface area contributed by atoms with Crippen molar-refractivity contribution in [2.45, 2.75) is 39.0 Å². The minimum absolute atomic E-state index is 0. The first kappa shape index (κ1) is 31.1. The molecule has 6 nitrogen and oxygen atoms in total. The van der Waals surface area contributed by atoms with Gasteiger partial charge < -0.3 is 9.64 Å². The Kier molecular flexibility index (Phi) is 10.7. The van der Waals surface area contributed by atoms with E-state index in [9.17, 15) is 22.8 Å². The van der Waals surface area contributed by atoms with Crippen LogP contribution in [0.5, 0.6) is 0 Å². The number of esters is 1. The van der Waals surface area contributed by atoms with Crippen molar-refractivity contribution in [3.05, 3.63) is 58.8 Å². The summed E-state index contributed by atoms with van der Waals surface area (Å²) in [4.78, 5) is 31.8. The molecule has 37 heavy (non-hydrogen) atoms. The zero-order valence-corrected chi connectivity index (χ0v) is 22.8. The minimum Gasteiger partial charge on any atom is -0.466 e. The molecule has 0 spiro atoms. The molecule has 2 aliphatic heterocycles. The van der Waals surface area contributed by atoms with Gasteiger partial charge >= 0.3 is 12.1 Å². The molecular formula is C26H34Cl2F3N3O3. The van der Waals surface area contributed by atoms with Crippen LogP contribution in [0.25, 0.3) is 0 Å². The Morgan fingerprint density at radius 2 is 1.70 bits per heavy atom. The molecule has 0 N–H and O–H groups in total. The number of alkyl halides is 3. The molecule has 1 aromatic carbocycles. The number of hydrogen-bond acceptors (Lipinski definition) is 5. The molecule has 0 unspecified atom stereocenters. The topological polar surface area (TPSA) is 53.1 Å². The summed E-state index contributed by atoms with van der Waals surface area (Å²) < 4.78 is 44.0. The third kappa shape index (κ3) is 6.88. The van der Waals surface area contributed by atoms with Crippen LogP contribution in [0.4, 0.5) is 13.2 Å². The van der Waals surface area contributed by atoms with Crippen molar-refractivity contribution in [1.29, 1.82) is 0 Å². The van der Waals surface area contributed by atoms with E-state index in [4.69, 9.17) is 4.74 Å². The lowest BCUT2D eigenvalue weighted by molar-refractivity contribution is -0.140. The highest BCUT2D eigenvalue weighted by atomic mass is 35.5. The van der Waals surface area contributed by atoms with Crippen LogP contribution in [0.15, 0.2) is 47.7 Å². The number of methoxy groups -OCH3 is 1. The van der Waals surface area contributed by atoms with Gasteiger partial charge in [-0.2, -0.15) is 13.2 Å². The normalized spacial score (nSPS) is 22.6. The van der Waals surface area contributed by atoms with E-state index in [1.54, 1.807) is 17.2 Å². The van der Waals surface area contributed by atoms with Gasteiger partial charge in [0, 0.05) is 57.4 Å². The van der Waals surface area contributed by atoms with Gasteiger partial charge in [0.1, 0.15) is 0 Å². The molecule has 2 heterocycles. The van der Waals surface area contributed by atoms with E-state index in [1.165, 1.54) is 19.2 Å². The Morgan fingerprint density at radius 1 is 1.08 bits per heavy atom. The lowest BCUT2D eigenvalue weighted by Gasteiger charge is -2.38. The van der Waals surface area contributed by atoms with Gasteiger partial charge in [-0.1, -0.05) is 24.3 Å². The van der Waals surface area contributed by atoms with E-state index in [0.717, 1.165) is 37.8 Å². The number of ether oxygens (including phenoxy) is 1. The highest BCUT2D eigenvalue weighted by molar-refractivity contribution is 5.95. The average Bonchev–Trinajstić information content (AvgIpc) is 3.23. The number of benzene rings is 1. The van der Waals surface area contributed by atoms with Gasteiger partial charge in [-0.05, 0) is 37.5 Å². The van der Waals surface area contributed by atoms with Crippen molar-refractivity contribution >= 4 is 36.7 Å². The standard InChI is InChI=1S/C26H32F3N3O3.2ClH/c1-17(2)32-16-22(25(34)35-3)21-8-7-19(23(21)24(32)33)15-31-11-9-30(10-12-31)14-18-5-4-6-20(13-18)26(27,28)29;;/h4-7,13,16-17,21,23H,8-12,14-15H2,1-3H3;2*1H/t21-,23-;;/m1../s1. The fourth-order valence-electron chi connectivity index (χ4n) is 5.26. The number of carbonyl (C=O) groups is 2. The predicted molar refractivity (Wildman–Crippen MR) is 139 cm³/mol. The maximum Gasteiger partial charge on any atom is 0.416 e. The van der Waals surface area contributed by atoms with Gasteiger partial charge in [0.2, 0.25) is 5.91 Å². The number of amides is 1. The summed E-state index contributed by atoms with van der Waals surface area (Å²) in [6.07, 6.45) is 0.0342. The number of allylic oxidation sites excluding steroid dienone is 1. The van der Waals surface area contributed by atoms with Crippen molar-refractivity contribution < 1.29 is 27.5 Å². The Bertz CT molecular complexity index is 1040. The second-order valence-electron chi connectivity index (χ2n) is 9.76. The van der Waals surface area contributed by atoms with Crippen LogP contribution >= 0.6 is 24.8 Å². The highest BCUT2D eigenvalue weighted by Gasteiger charge is 2.45. The van der Waals surface area contributed by atoms with Crippen molar-refractivity contribution in [2.75, 3.05) is 39.8 Å². The third-order valence-electron chi connectivity index (χ3n) is 7.14. The van der Waals surface area contributed by atoms with Gasteiger partial charge in [-0.25, -0.2) is 4.79 Å². The second kappa shape index (κ2) is 12.7. The molecule has 4 rings (SSSR count). The third-order valence-corrected chi connectivity index (χ3v) is 7.14.